The molecule has 0 aromatic rings. The third kappa shape index (κ3) is 3.57. The highest BCUT2D eigenvalue weighted by Crippen LogP contribution is 2.22. The molecule has 0 fully saturated rings. The number of hydrazine groups is 1. The Labute approximate surface area is 120 Å². The van der Waals surface area contributed by atoms with Crippen molar-refractivity contribution in [2.24, 2.45) is 9.98 Å². The van der Waals surface area contributed by atoms with E-state index in [1.807, 2.05) is 0 Å². The molecule has 0 saturated carbocycles. The first-order chi connectivity index (χ1) is 9.79. The predicted molar refractivity (Wildman–Crippen MR) is 72.2 cm³/mol. The molecule has 2 aliphatic rings. The van der Waals surface area contributed by atoms with E-state index in [1.54, 1.807) is 6.92 Å². The molecule has 0 amide bonds. The first-order valence-corrected chi connectivity index (χ1v) is 6.22. The van der Waals surface area contributed by atoms with Gasteiger partial charge in [0.15, 0.2) is 5.66 Å². The van der Waals surface area contributed by atoms with Gasteiger partial charge in [-0.15, -0.1) is 0 Å². The first kappa shape index (κ1) is 15.0. The Kier molecular flexibility index (Phi) is 3.94. The van der Waals surface area contributed by atoms with Crippen LogP contribution in [0.2, 0.25) is 0 Å². The number of hydrogen-bond acceptors (Lipinski definition) is 9. The van der Waals surface area contributed by atoms with Gasteiger partial charge in [-0.3, -0.25) is 9.59 Å². The van der Waals surface area contributed by atoms with Crippen LogP contribution in [0, 0.1) is 0 Å². The molecule has 21 heavy (non-hydrogen) atoms. The summed E-state index contributed by atoms with van der Waals surface area (Å²) in [6.45, 7) is 4.20. The van der Waals surface area contributed by atoms with Gasteiger partial charge in [0, 0.05) is 19.9 Å². The van der Waals surface area contributed by atoms with E-state index >= 15 is 0 Å². The second-order valence-electron chi connectivity index (χ2n) is 4.80. The second-order valence-corrected chi connectivity index (χ2v) is 4.80. The van der Waals surface area contributed by atoms with E-state index in [2.05, 4.69) is 15.4 Å². The highest BCUT2D eigenvalue weighted by Gasteiger charge is 2.39. The van der Waals surface area contributed by atoms with E-state index in [0.29, 0.717) is 5.71 Å². The molecule has 114 valence electrons. The van der Waals surface area contributed by atoms with E-state index in [-0.39, 0.29) is 25.1 Å². The molecule has 1 atom stereocenters. The molecular weight excluding hydrogens is 280 g/mol. The summed E-state index contributed by atoms with van der Waals surface area (Å²) in [5.41, 5.74) is 2.31. The summed E-state index contributed by atoms with van der Waals surface area (Å²) >= 11 is 0. The predicted octanol–water partition coefficient (Wildman–Crippen LogP) is -0.141. The largest absolute Gasteiger partial charge is 0.493 e. The fourth-order valence-corrected chi connectivity index (χ4v) is 1.75. The molecule has 2 aliphatic heterocycles. The molecule has 9 nitrogen and oxygen atoms in total. The average Bonchev–Trinajstić information content (AvgIpc) is 2.72. The van der Waals surface area contributed by atoms with Crippen LogP contribution in [0.25, 0.3) is 0 Å². The van der Waals surface area contributed by atoms with Crippen LogP contribution in [-0.2, 0) is 19.1 Å². The molecule has 0 aromatic carbocycles. The molecule has 0 saturated heterocycles. The normalized spacial score (nSPS) is 23.8. The lowest BCUT2D eigenvalue weighted by Gasteiger charge is -2.25. The minimum absolute atomic E-state index is 0.00951. The summed E-state index contributed by atoms with van der Waals surface area (Å²) in [6.07, 6.45) is 1.35. The van der Waals surface area contributed by atoms with Crippen molar-refractivity contribution in [1.29, 1.82) is 0 Å². The second kappa shape index (κ2) is 5.52. The van der Waals surface area contributed by atoms with Gasteiger partial charge in [0.1, 0.15) is 13.2 Å². The molecule has 9 heteroatoms. The Balaban J connectivity index is 2.13. The number of ether oxygens (including phenoxy) is 2. The van der Waals surface area contributed by atoms with E-state index in [4.69, 9.17) is 9.47 Å². The number of carbonyl (C=O) groups is 2. The third-order valence-electron chi connectivity index (χ3n) is 2.65. The Morgan fingerprint density at radius 3 is 2.67 bits per heavy atom. The minimum atomic E-state index is -0.927. The van der Waals surface area contributed by atoms with E-state index in [9.17, 15) is 14.7 Å². The van der Waals surface area contributed by atoms with Gasteiger partial charge in [-0.05, 0) is 6.92 Å². The van der Waals surface area contributed by atoms with Crippen molar-refractivity contribution in [1.82, 2.24) is 10.4 Å². The third-order valence-corrected chi connectivity index (χ3v) is 2.65. The maximum absolute atomic E-state index is 10.9. The van der Waals surface area contributed by atoms with Crippen LogP contribution in [0.3, 0.4) is 0 Å². The highest BCUT2D eigenvalue weighted by molar-refractivity contribution is 6.07. The number of nitrogens with zero attached hydrogens (tertiary/aromatic N) is 3. The summed E-state index contributed by atoms with van der Waals surface area (Å²) in [7, 11) is 0. The lowest BCUT2D eigenvalue weighted by Crippen LogP contribution is -2.49. The van der Waals surface area contributed by atoms with Crippen LogP contribution in [0.15, 0.2) is 21.9 Å². The number of rotatable bonds is 4. The number of hydrogen-bond donors (Lipinski definition) is 2. The van der Waals surface area contributed by atoms with E-state index in [0.717, 1.165) is 0 Å². The lowest BCUT2D eigenvalue weighted by atomic mass is 10.2. The maximum atomic E-state index is 10.9. The van der Waals surface area contributed by atoms with Crippen molar-refractivity contribution < 1.29 is 24.2 Å². The molecule has 0 aromatic heterocycles. The van der Waals surface area contributed by atoms with Crippen molar-refractivity contribution in [3.63, 3.8) is 0 Å². The van der Waals surface area contributed by atoms with Gasteiger partial charge in [-0.2, -0.15) is 5.43 Å². The molecular formula is C12H16N4O5. The monoisotopic (exact) mass is 296 g/mol. The van der Waals surface area contributed by atoms with Crippen molar-refractivity contribution in [2.45, 2.75) is 26.4 Å². The average molecular weight is 296 g/mol. The fraction of sp³-hybridized carbons (Fsp3) is 0.500. The van der Waals surface area contributed by atoms with Gasteiger partial charge in [0.05, 0.1) is 5.71 Å². The number of aliphatic hydroxyl groups excluding tert-OH is 1. The van der Waals surface area contributed by atoms with Gasteiger partial charge in [0.2, 0.25) is 11.8 Å². The number of guanidine groups is 1. The van der Waals surface area contributed by atoms with Crippen molar-refractivity contribution in [3.05, 3.63) is 12.0 Å². The maximum Gasteiger partial charge on any atom is 0.303 e. The zero-order valence-electron chi connectivity index (χ0n) is 11.9. The van der Waals surface area contributed by atoms with Crippen LogP contribution < -0.4 is 5.43 Å². The number of carbonyl (C=O) groups excluding carboxylic acids is 2. The Morgan fingerprint density at radius 2 is 2.05 bits per heavy atom. The molecule has 0 bridgehead atoms. The zero-order chi connectivity index (χ0) is 15.6. The van der Waals surface area contributed by atoms with Crippen LogP contribution in [0.5, 0.6) is 0 Å². The smallest absolute Gasteiger partial charge is 0.303 e. The summed E-state index contributed by atoms with van der Waals surface area (Å²) < 4.78 is 9.74. The summed E-state index contributed by atoms with van der Waals surface area (Å²) in [6, 6.07) is 0. The molecule has 2 N–H and O–H groups in total. The quantitative estimate of drug-likeness (QED) is 0.694. The summed E-state index contributed by atoms with van der Waals surface area (Å²) in [5.74, 6) is -0.814. The van der Waals surface area contributed by atoms with Crippen LogP contribution >= 0.6 is 0 Å². The Bertz CT molecular complexity index is 568. The van der Waals surface area contributed by atoms with Gasteiger partial charge in [-0.25, -0.2) is 15.0 Å². The number of esters is 2. The molecule has 0 radical (unpaired) electrons. The van der Waals surface area contributed by atoms with Gasteiger partial charge >= 0.3 is 11.9 Å². The molecule has 2 rings (SSSR count). The number of aliphatic hydroxyl groups is 1. The Hall–Kier alpha value is -2.42. The Morgan fingerprint density at radius 1 is 1.38 bits per heavy atom. The summed E-state index contributed by atoms with van der Waals surface area (Å²) in [5, 5.41) is 11.2. The van der Waals surface area contributed by atoms with Crippen LogP contribution in [0.1, 0.15) is 20.8 Å². The van der Waals surface area contributed by atoms with Crippen LogP contribution in [0.4, 0.5) is 0 Å². The molecule has 2 heterocycles. The fourth-order valence-electron chi connectivity index (χ4n) is 1.75. The highest BCUT2D eigenvalue weighted by atomic mass is 16.5. The van der Waals surface area contributed by atoms with Crippen molar-refractivity contribution in [3.8, 4) is 0 Å². The number of fused-ring (bicyclic) bond motifs is 1. The standard InChI is InChI=1S/C12H16N4O5/c1-7(17)20-5-9-4-10(19)16-11(13-9)14-12(3,15-16)6-21-8(2)18/h4,15,19H,5-6H2,1-3H3. The van der Waals surface area contributed by atoms with Crippen molar-refractivity contribution in [2.75, 3.05) is 13.2 Å². The number of aliphatic imine (C=N–C) groups is 2. The SMILES string of the molecule is CC(=O)OCC1=NC2=NC(C)(COC(C)=O)NN2C(O)=C1. The van der Waals surface area contributed by atoms with E-state index in [1.165, 1.54) is 24.9 Å². The van der Waals surface area contributed by atoms with Gasteiger partial charge < -0.3 is 14.6 Å². The van der Waals surface area contributed by atoms with Crippen LogP contribution in [-0.4, -0.2) is 52.6 Å². The zero-order valence-corrected chi connectivity index (χ0v) is 11.9. The van der Waals surface area contributed by atoms with E-state index < -0.39 is 17.6 Å². The lowest BCUT2D eigenvalue weighted by molar-refractivity contribution is -0.143. The first-order valence-electron chi connectivity index (χ1n) is 6.22. The molecule has 0 spiro atoms. The molecule has 0 aliphatic carbocycles. The molecule has 1 unspecified atom stereocenters. The number of nitrogens with one attached hydrogen (secondary N) is 1. The summed E-state index contributed by atoms with van der Waals surface area (Å²) in [4.78, 5) is 30.1. The topological polar surface area (TPSA) is 113 Å². The minimum Gasteiger partial charge on any atom is -0.493 e. The van der Waals surface area contributed by atoms with Gasteiger partial charge in [-0.1, -0.05) is 0 Å². The van der Waals surface area contributed by atoms with Gasteiger partial charge in [0.25, 0.3) is 0 Å². The van der Waals surface area contributed by atoms with Crippen molar-refractivity contribution >= 4 is 23.6 Å².